The Hall–Kier alpha value is -4.95. The number of benzene rings is 2. The Morgan fingerprint density at radius 2 is 2.00 bits per heavy atom. The number of amides is 2. The molecule has 1 atom stereocenters. The van der Waals surface area contributed by atoms with Crippen molar-refractivity contribution >= 4 is 29.1 Å². The Morgan fingerprint density at radius 3 is 2.73 bits per heavy atom. The van der Waals surface area contributed by atoms with Crippen molar-refractivity contribution < 1.29 is 18.7 Å². The van der Waals surface area contributed by atoms with Gasteiger partial charge in [0.25, 0.3) is 11.8 Å². The maximum Gasteiger partial charge on any atom is 0.256 e. The molecule has 4 aromatic rings. The number of ether oxygens (including phenoxy) is 1. The van der Waals surface area contributed by atoms with Gasteiger partial charge in [0.05, 0.1) is 29.0 Å². The maximum absolute atomic E-state index is 16.6. The lowest BCUT2D eigenvalue weighted by Crippen LogP contribution is -2.55. The van der Waals surface area contributed by atoms with Gasteiger partial charge in [0.1, 0.15) is 17.7 Å². The molecule has 0 aliphatic carbocycles. The summed E-state index contributed by atoms with van der Waals surface area (Å²) in [5.74, 6) is -0.559. The van der Waals surface area contributed by atoms with E-state index >= 15 is 4.39 Å². The minimum Gasteiger partial charge on any atom is -0.478 e. The third-order valence-corrected chi connectivity index (χ3v) is 8.01. The highest BCUT2D eigenvalue weighted by atomic mass is 35.5. The molecule has 2 aromatic heterocycles. The van der Waals surface area contributed by atoms with E-state index in [2.05, 4.69) is 26.3 Å². The maximum atomic E-state index is 16.6. The van der Waals surface area contributed by atoms with Gasteiger partial charge in [0.15, 0.2) is 0 Å². The van der Waals surface area contributed by atoms with Crippen LogP contribution in [0.2, 0.25) is 5.02 Å². The van der Waals surface area contributed by atoms with Crippen LogP contribution in [-0.2, 0) is 6.42 Å². The Labute approximate surface area is 265 Å². The van der Waals surface area contributed by atoms with Crippen LogP contribution >= 0.6 is 11.6 Å². The molecule has 0 bridgehead atoms. The number of imidazole rings is 1. The molecule has 45 heavy (non-hydrogen) atoms. The predicted octanol–water partition coefficient (Wildman–Crippen LogP) is 5.25. The van der Waals surface area contributed by atoms with E-state index in [1.807, 2.05) is 18.7 Å². The molecule has 1 aliphatic heterocycles. The van der Waals surface area contributed by atoms with Crippen LogP contribution in [0.1, 0.15) is 52.4 Å². The molecule has 2 N–H and O–H groups in total. The number of aromatic amines is 1. The van der Waals surface area contributed by atoms with Gasteiger partial charge in [-0.25, -0.2) is 14.4 Å². The van der Waals surface area contributed by atoms with Crippen LogP contribution in [0.15, 0.2) is 61.1 Å². The Morgan fingerprint density at radius 1 is 1.16 bits per heavy atom. The monoisotopic (exact) mass is 629 g/mol. The van der Waals surface area contributed by atoms with E-state index in [4.69, 9.17) is 16.3 Å². The SMILES string of the molecule is CCOc1ncccc1-c1ccc(N2CCN(C(=O)c3ccc(Cl)cc3C#N)C[C@H]2CC)c(C(=O)NCCc2ncc[nH]2)c1F. The van der Waals surface area contributed by atoms with Crippen LogP contribution in [0.25, 0.3) is 11.1 Å². The van der Waals surface area contributed by atoms with E-state index < -0.39 is 11.7 Å². The number of carbonyl (C=O) groups is 2. The van der Waals surface area contributed by atoms with Crippen molar-refractivity contribution in [1.29, 1.82) is 5.26 Å². The van der Waals surface area contributed by atoms with E-state index in [-0.39, 0.29) is 46.6 Å². The standard InChI is InChI=1S/C33H33ClFN7O3/c1-3-23-20-41(33(44)24-8-7-22(34)18-21(24)19-36)16-17-42(23)27-10-9-25(26-6-5-12-40-32(26)45-4-2)30(35)29(27)31(43)39-13-11-28-37-14-15-38-28/h5-10,12,14-15,18,23H,3-4,11,13,16-17,20H2,1-2H3,(H,37,38)(H,39,43)/t23-/m1/s1. The molecule has 0 radical (unpaired) electrons. The number of H-pyrrole nitrogens is 1. The molecule has 1 aliphatic rings. The molecule has 0 unspecified atom stereocenters. The van der Waals surface area contributed by atoms with Crippen LogP contribution in [0.5, 0.6) is 5.88 Å². The number of halogens is 2. The summed E-state index contributed by atoms with van der Waals surface area (Å²) in [7, 11) is 0. The van der Waals surface area contributed by atoms with Crippen LogP contribution in [0, 0.1) is 17.1 Å². The number of hydrogen-bond donors (Lipinski definition) is 2. The zero-order chi connectivity index (χ0) is 31.9. The molecule has 1 fully saturated rings. The van der Waals surface area contributed by atoms with Gasteiger partial charge in [0, 0.05) is 73.4 Å². The van der Waals surface area contributed by atoms with Crippen molar-refractivity contribution in [2.75, 3.05) is 37.7 Å². The van der Waals surface area contributed by atoms with E-state index in [0.717, 1.165) is 0 Å². The number of nitriles is 1. The minimum atomic E-state index is -0.690. The lowest BCUT2D eigenvalue weighted by molar-refractivity contribution is 0.0719. The van der Waals surface area contributed by atoms with Gasteiger partial charge >= 0.3 is 0 Å². The molecule has 12 heteroatoms. The summed E-state index contributed by atoms with van der Waals surface area (Å²) >= 11 is 6.04. The highest BCUT2D eigenvalue weighted by Gasteiger charge is 2.34. The molecule has 1 saturated heterocycles. The Balaban J connectivity index is 1.48. The van der Waals surface area contributed by atoms with Crippen LogP contribution in [0.3, 0.4) is 0 Å². The van der Waals surface area contributed by atoms with Gasteiger partial charge in [-0.3, -0.25) is 9.59 Å². The number of aromatic nitrogens is 3. The number of anilines is 1. The number of pyridine rings is 1. The first-order chi connectivity index (χ1) is 21.9. The summed E-state index contributed by atoms with van der Waals surface area (Å²) < 4.78 is 22.3. The van der Waals surface area contributed by atoms with Gasteiger partial charge in [-0.05, 0) is 55.8 Å². The number of carbonyl (C=O) groups excluding carboxylic acids is 2. The number of nitrogens with one attached hydrogen (secondary N) is 2. The first-order valence-electron chi connectivity index (χ1n) is 14.8. The zero-order valence-electron chi connectivity index (χ0n) is 25.0. The minimum absolute atomic E-state index is 0.0964. The van der Waals surface area contributed by atoms with Gasteiger partial charge in [-0.2, -0.15) is 5.26 Å². The fourth-order valence-electron chi connectivity index (χ4n) is 5.57. The van der Waals surface area contributed by atoms with Crippen molar-refractivity contribution in [2.24, 2.45) is 0 Å². The summed E-state index contributed by atoms with van der Waals surface area (Å²) in [4.78, 5) is 42.4. The van der Waals surface area contributed by atoms with Crippen LogP contribution < -0.4 is 15.0 Å². The van der Waals surface area contributed by atoms with Crippen molar-refractivity contribution in [2.45, 2.75) is 32.7 Å². The summed E-state index contributed by atoms with van der Waals surface area (Å²) in [6.45, 7) is 5.37. The van der Waals surface area contributed by atoms with Gasteiger partial charge in [-0.15, -0.1) is 0 Å². The predicted molar refractivity (Wildman–Crippen MR) is 169 cm³/mol. The van der Waals surface area contributed by atoms with Crippen molar-refractivity contribution in [3.8, 4) is 23.1 Å². The molecule has 232 valence electrons. The number of rotatable bonds is 10. The summed E-state index contributed by atoms with van der Waals surface area (Å²) in [5, 5.41) is 12.8. The number of hydrogen-bond acceptors (Lipinski definition) is 7. The highest BCUT2D eigenvalue weighted by molar-refractivity contribution is 6.30. The van der Waals surface area contributed by atoms with Crippen molar-refractivity contribution in [3.63, 3.8) is 0 Å². The molecule has 3 heterocycles. The smallest absolute Gasteiger partial charge is 0.256 e. The topological polar surface area (TPSA) is 127 Å². The third kappa shape index (κ3) is 6.76. The first-order valence-corrected chi connectivity index (χ1v) is 15.2. The van der Waals surface area contributed by atoms with Crippen LogP contribution in [-0.4, -0.2) is 70.5 Å². The average molecular weight is 630 g/mol. The fourth-order valence-corrected chi connectivity index (χ4v) is 5.74. The van der Waals surface area contributed by atoms with Crippen molar-refractivity contribution in [3.05, 3.63) is 94.4 Å². The van der Waals surface area contributed by atoms with E-state index in [9.17, 15) is 14.9 Å². The average Bonchev–Trinajstić information content (AvgIpc) is 3.58. The molecular weight excluding hydrogens is 597 g/mol. The molecule has 10 nitrogen and oxygen atoms in total. The molecule has 0 spiro atoms. The van der Waals surface area contributed by atoms with Gasteiger partial charge < -0.3 is 24.8 Å². The van der Waals surface area contributed by atoms with E-state index in [1.54, 1.807) is 59.9 Å². The molecule has 2 aromatic carbocycles. The Bertz CT molecular complexity index is 1720. The van der Waals surface area contributed by atoms with Gasteiger partial charge in [-0.1, -0.05) is 18.5 Å². The van der Waals surface area contributed by atoms with Gasteiger partial charge in [0.2, 0.25) is 5.88 Å². The van der Waals surface area contributed by atoms with Crippen LogP contribution in [0.4, 0.5) is 10.1 Å². The Kier molecular flexibility index (Phi) is 9.95. The summed E-state index contributed by atoms with van der Waals surface area (Å²) in [5.41, 5.74) is 1.44. The highest BCUT2D eigenvalue weighted by Crippen LogP contribution is 2.37. The second kappa shape index (κ2) is 14.2. The van der Waals surface area contributed by atoms with E-state index in [0.29, 0.717) is 61.2 Å². The largest absolute Gasteiger partial charge is 0.478 e. The summed E-state index contributed by atoms with van der Waals surface area (Å²) in [6, 6.07) is 13.2. The lowest BCUT2D eigenvalue weighted by atomic mass is 9.98. The first kappa shape index (κ1) is 31.5. The second-order valence-electron chi connectivity index (χ2n) is 10.5. The van der Waals surface area contributed by atoms with E-state index in [1.165, 1.54) is 6.07 Å². The number of piperazine rings is 1. The molecule has 0 saturated carbocycles. The fraction of sp³-hybridized carbons (Fsp3) is 0.303. The molecular formula is C33H33ClFN7O3. The normalized spacial score (nSPS) is 14.6. The van der Waals surface area contributed by atoms with Crippen molar-refractivity contribution in [1.82, 2.24) is 25.2 Å². The summed E-state index contributed by atoms with van der Waals surface area (Å²) in [6.07, 6.45) is 5.96. The quantitative estimate of drug-likeness (QED) is 0.245. The number of nitrogens with zero attached hydrogens (tertiary/aromatic N) is 5. The third-order valence-electron chi connectivity index (χ3n) is 7.77. The lowest BCUT2D eigenvalue weighted by Gasteiger charge is -2.43. The molecule has 2 amide bonds. The molecule has 5 rings (SSSR count). The second-order valence-corrected chi connectivity index (χ2v) is 10.9. The zero-order valence-corrected chi connectivity index (χ0v) is 25.8.